The molecule has 0 aliphatic carbocycles. The van der Waals surface area contributed by atoms with Crippen molar-refractivity contribution in [2.45, 2.75) is 19.9 Å². The highest BCUT2D eigenvalue weighted by Crippen LogP contribution is 2.17. The molecule has 1 fully saturated rings. The van der Waals surface area contributed by atoms with Crippen molar-refractivity contribution >= 4 is 11.6 Å². The summed E-state index contributed by atoms with van der Waals surface area (Å²) < 4.78 is 1.89. The molecule has 1 aromatic heterocycles. The molecule has 0 saturated carbocycles. The standard InChI is InChI=1S/C19H27N5O/c1-17-5-2-6-18(15-17)23-13-11-22(12-14-23)16-19(25)20-7-3-9-24-10-4-8-21-24/h2,4-6,8,10,15H,3,7,9,11-14,16H2,1H3,(H,20,25). The minimum atomic E-state index is 0.115. The molecule has 2 heterocycles. The summed E-state index contributed by atoms with van der Waals surface area (Å²) >= 11 is 0. The van der Waals surface area contributed by atoms with E-state index in [0.717, 1.165) is 39.1 Å². The number of anilines is 1. The smallest absolute Gasteiger partial charge is 0.234 e. The lowest BCUT2D eigenvalue weighted by molar-refractivity contribution is -0.122. The maximum absolute atomic E-state index is 12.1. The molecule has 6 nitrogen and oxygen atoms in total. The highest BCUT2D eigenvalue weighted by molar-refractivity contribution is 5.78. The molecule has 1 aromatic carbocycles. The third-order valence-electron chi connectivity index (χ3n) is 4.55. The Bertz CT molecular complexity index is 662. The summed E-state index contributed by atoms with van der Waals surface area (Å²) in [7, 11) is 0. The molecule has 25 heavy (non-hydrogen) atoms. The number of benzene rings is 1. The first-order valence-corrected chi connectivity index (χ1v) is 8.99. The zero-order valence-electron chi connectivity index (χ0n) is 14.9. The van der Waals surface area contributed by atoms with Crippen LogP contribution in [0.2, 0.25) is 0 Å². The van der Waals surface area contributed by atoms with Gasteiger partial charge in [-0.15, -0.1) is 0 Å². The van der Waals surface area contributed by atoms with E-state index < -0.39 is 0 Å². The Balaban J connectivity index is 1.33. The van der Waals surface area contributed by atoms with E-state index >= 15 is 0 Å². The number of nitrogens with one attached hydrogen (secondary N) is 1. The predicted molar refractivity (Wildman–Crippen MR) is 99.7 cm³/mol. The predicted octanol–water partition coefficient (Wildman–Crippen LogP) is 1.52. The van der Waals surface area contributed by atoms with Crippen LogP contribution in [0.15, 0.2) is 42.7 Å². The first-order valence-electron chi connectivity index (χ1n) is 8.99. The molecular weight excluding hydrogens is 314 g/mol. The lowest BCUT2D eigenvalue weighted by Crippen LogP contribution is -2.49. The highest BCUT2D eigenvalue weighted by atomic mass is 16.2. The minimum absolute atomic E-state index is 0.115. The van der Waals surface area contributed by atoms with Crippen LogP contribution in [-0.4, -0.2) is 59.9 Å². The second kappa shape index (κ2) is 8.67. The van der Waals surface area contributed by atoms with E-state index in [1.54, 1.807) is 6.20 Å². The number of carbonyl (C=O) groups is 1. The van der Waals surface area contributed by atoms with E-state index in [4.69, 9.17) is 0 Å². The van der Waals surface area contributed by atoms with Crippen LogP contribution in [-0.2, 0) is 11.3 Å². The Morgan fingerprint density at radius 2 is 2.04 bits per heavy atom. The lowest BCUT2D eigenvalue weighted by Gasteiger charge is -2.35. The number of rotatable bonds is 7. The van der Waals surface area contributed by atoms with Crippen molar-refractivity contribution in [1.29, 1.82) is 0 Å². The quantitative estimate of drug-likeness (QED) is 0.776. The van der Waals surface area contributed by atoms with Crippen LogP contribution < -0.4 is 10.2 Å². The average Bonchev–Trinajstić information content (AvgIpc) is 3.13. The van der Waals surface area contributed by atoms with Crippen LogP contribution in [0.5, 0.6) is 0 Å². The number of piperazine rings is 1. The van der Waals surface area contributed by atoms with Crippen molar-refractivity contribution in [2.24, 2.45) is 0 Å². The van der Waals surface area contributed by atoms with E-state index in [0.29, 0.717) is 13.1 Å². The fourth-order valence-corrected chi connectivity index (χ4v) is 3.15. The zero-order chi connectivity index (χ0) is 17.5. The van der Waals surface area contributed by atoms with E-state index in [1.165, 1.54) is 11.3 Å². The van der Waals surface area contributed by atoms with Crippen LogP contribution in [0.1, 0.15) is 12.0 Å². The summed E-state index contributed by atoms with van der Waals surface area (Å²) in [4.78, 5) is 16.7. The van der Waals surface area contributed by atoms with Gasteiger partial charge in [0, 0.05) is 57.3 Å². The van der Waals surface area contributed by atoms with Crippen molar-refractivity contribution in [2.75, 3.05) is 44.2 Å². The summed E-state index contributed by atoms with van der Waals surface area (Å²) in [6.45, 7) is 7.93. The topological polar surface area (TPSA) is 53.4 Å². The number of amides is 1. The fraction of sp³-hybridized carbons (Fsp3) is 0.474. The number of nitrogens with zero attached hydrogens (tertiary/aromatic N) is 4. The molecule has 3 rings (SSSR count). The van der Waals surface area contributed by atoms with Gasteiger partial charge in [0.1, 0.15) is 0 Å². The molecule has 1 aliphatic rings. The summed E-state index contributed by atoms with van der Waals surface area (Å²) in [5.41, 5.74) is 2.57. The van der Waals surface area contributed by atoms with Crippen LogP contribution in [0.3, 0.4) is 0 Å². The van der Waals surface area contributed by atoms with Gasteiger partial charge in [-0.2, -0.15) is 5.10 Å². The zero-order valence-corrected chi connectivity index (χ0v) is 14.9. The largest absolute Gasteiger partial charge is 0.369 e. The van der Waals surface area contributed by atoms with Gasteiger partial charge in [0.05, 0.1) is 6.54 Å². The molecule has 1 aliphatic heterocycles. The molecule has 6 heteroatoms. The summed E-state index contributed by atoms with van der Waals surface area (Å²) in [6, 6.07) is 10.5. The van der Waals surface area contributed by atoms with Crippen LogP contribution in [0.25, 0.3) is 0 Å². The van der Waals surface area contributed by atoms with Crippen molar-refractivity contribution in [3.05, 3.63) is 48.3 Å². The highest BCUT2D eigenvalue weighted by Gasteiger charge is 2.19. The maximum Gasteiger partial charge on any atom is 0.234 e. The van der Waals surface area contributed by atoms with Crippen molar-refractivity contribution in [1.82, 2.24) is 20.0 Å². The van der Waals surface area contributed by atoms with E-state index in [9.17, 15) is 4.79 Å². The molecule has 0 spiro atoms. The summed E-state index contributed by atoms with van der Waals surface area (Å²) in [5.74, 6) is 0.115. The van der Waals surface area contributed by atoms with Gasteiger partial charge < -0.3 is 10.2 Å². The summed E-state index contributed by atoms with van der Waals surface area (Å²) in [6.07, 6.45) is 4.61. The third kappa shape index (κ3) is 5.32. The summed E-state index contributed by atoms with van der Waals surface area (Å²) in [5, 5.41) is 7.16. The molecule has 0 atom stereocenters. The van der Waals surface area contributed by atoms with Gasteiger partial charge in [-0.05, 0) is 37.1 Å². The van der Waals surface area contributed by atoms with Crippen LogP contribution in [0, 0.1) is 6.92 Å². The van der Waals surface area contributed by atoms with Gasteiger partial charge in [0.2, 0.25) is 5.91 Å². The third-order valence-corrected chi connectivity index (χ3v) is 4.55. The molecule has 2 aromatic rings. The SMILES string of the molecule is Cc1cccc(N2CCN(CC(=O)NCCCn3cccn3)CC2)c1. The van der Waals surface area contributed by atoms with Crippen molar-refractivity contribution < 1.29 is 4.79 Å². The number of hydrogen-bond donors (Lipinski definition) is 1. The molecule has 134 valence electrons. The number of hydrogen-bond acceptors (Lipinski definition) is 4. The molecule has 1 amide bonds. The van der Waals surface area contributed by atoms with Gasteiger partial charge in [-0.25, -0.2) is 0 Å². The Hall–Kier alpha value is -2.34. The van der Waals surface area contributed by atoms with Crippen LogP contribution >= 0.6 is 0 Å². The molecule has 0 radical (unpaired) electrons. The second-order valence-corrected chi connectivity index (χ2v) is 6.57. The second-order valence-electron chi connectivity index (χ2n) is 6.57. The monoisotopic (exact) mass is 341 g/mol. The molecule has 0 bridgehead atoms. The molecule has 1 saturated heterocycles. The van der Waals surface area contributed by atoms with Gasteiger partial charge in [-0.3, -0.25) is 14.4 Å². The van der Waals surface area contributed by atoms with E-state index in [1.807, 2.05) is 16.9 Å². The van der Waals surface area contributed by atoms with E-state index in [2.05, 4.69) is 51.4 Å². The molecule has 1 N–H and O–H groups in total. The first kappa shape index (κ1) is 17.5. The lowest BCUT2D eigenvalue weighted by atomic mass is 10.2. The Kier molecular flexibility index (Phi) is 6.06. The molecule has 0 unspecified atom stereocenters. The number of aryl methyl sites for hydroxylation is 2. The maximum atomic E-state index is 12.1. The number of aromatic nitrogens is 2. The molecular formula is C19H27N5O. The Labute approximate surface area is 149 Å². The first-order chi connectivity index (χ1) is 12.2. The van der Waals surface area contributed by atoms with E-state index in [-0.39, 0.29) is 5.91 Å². The van der Waals surface area contributed by atoms with Gasteiger partial charge in [-0.1, -0.05) is 12.1 Å². The minimum Gasteiger partial charge on any atom is -0.369 e. The van der Waals surface area contributed by atoms with Gasteiger partial charge in [0.25, 0.3) is 0 Å². The fourth-order valence-electron chi connectivity index (χ4n) is 3.15. The van der Waals surface area contributed by atoms with Crippen LogP contribution in [0.4, 0.5) is 5.69 Å². The van der Waals surface area contributed by atoms with Gasteiger partial charge in [0.15, 0.2) is 0 Å². The van der Waals surface area contributed by atoms with Gasteiger partial charge >= 0.3 is 0 Å². The number of carbonyl (C=O) groups excluding carboxylic acids is 1. The normalized spacial score (nSPS) is 15.3. The Morgan fingerprint density at radius 1 is 1.20 bits per heavy atom. The average molecular weight is 341 g/mol. The van der Waals surface area contributed by atoms with Crippen molar-refractivity contribution in [3.63, 3.8) is 0 Å². The Morgan fingerprint density at radius 3 is 2.76 bits per heavy atom. The van der Waals surface area contributed by atoms with Crippen molar-refractivity contribution in [3.8, 4) is 0 Å².